The quantitative estimate of drug-likeness (QED) is 0.0341. The number of carbonyl (C=O) groups excluding carboxylic acids is 2. The van der Waals surface area contributed by atoms with Gasteiger partial charge in [0, 0.05) is 19.5 Å². The summed E-state index contributed by atoms with van der Waals surface area (Å²) < 4.78 is 0. The van der Waals surface area contributed by atoms with Gasteiger partial charge in [0.2, 0.25) is 5.91 Å². The molecular weight excluding hydrogens is 861 g/mol. The van der Waals surface area contributed by atoms with Gasteiger partial charge in [-0.1, -0.05) is 141 Å². The van der Waals surface area contributed by atoms with Crippen LogP contribution in [0.1, 0.15) is 212 Å². The highest BCUT2D eigenvalue weighted by Gasteiger charge is 2.34. The summed E-state index contributed by atoms with van der Waals surface area (Å²) in [5.74, 6) is 0.0838. The van der Waals surface area contributed by atoms with Gasteiger partial charge in [-0.3, -0.25) is 9.59 Å². The normalized spacial score (nSPS) is 13.5. The maximum Gasteiger partial charge on any atom is 0.251 e. The molecule has 0 aromatic rings. The summed E-state index contributed by atoms with van der Waals surface area (Å²) in [6.45, 7) is 10.4. The number of hydrogen-bond donors (Lipinski definition) is 13. The highest BCUT2D eigenvalue weighted by Crippen LogP contribution is 2.16. The lowest BCUT2D eigenvalue weighted by atomic mass is 10.00. The van der Waals surface area contributed by atoms with Crippen LogP contribution >= 0.6 is 0 Å². The van der Waals surface area contributed by atoms with E-state index in [1.165, 1.54) is 154 Å². The van der Waals surface area contributed by atoms with E-state index in [4.69, 9.17) is 16.6 Å². The topological polar surface area (TPSA) is 260 Å². The third-order valence-corrected chi connectivity index (χ3v) is 13.2. The molecule has 15 N–H and O–H groups in total. The van der Waals surface area contributed by atoms with Crippen LogP contribution in [0.25, 0.3) is 0 Å². The molecule has 0 saturated heterocycles. The predicted molar refractivity (Wildman–Crippen MR) is 283 cm³/mol. The van der Waals surface area contributed by atoms with Crippen molar-refractivity contribution in [2.45, 2.75) is 236 Å². The number of carbonyl (C=O) groups is 2. The van der Waals surface area contributed by atoms with Gasteiger partial charge >= 0.3 is 0 Å². The number of nitrogens with two attached hydrogens (primary N) is 2. The molecule has 15 heteroatoms. The molecule has 2 amide bonds. The van der Waals surface area contributed by atoms with Crippen molar-refractivity contribution >= 4 is 11.8 Å². The second-order valence-electron chi connectivity index (χ2n) is 19.7. The Morgan fingerprint density at radius 3 is 1.13 bits per heavy atom. The van der Waals surface area contributed by atoms with Crippen LogP contribution in [0.15, 0.2) is 0 Å². The fourth-order valence-corrected chi connectivity index (χ4v) is 8.58. The molecule has 0 aliphatic rings. The number of aliphatic hydroxyl groups is 5. The lowest BCUT2D eigenvalue weighted by molar-refractivity contribution is -0.148. The van der Waals surface area contributed by atoms with Crippen LogP contribution in [0.4, 0.5) is 0 Å². The summed E-state index contributed by atoms with van der Waals surface area (Å²) in [6, 6.07) is 0. The third-order valence-electron chi connectivity index (χ3n) is 13.2. The number of rotatable bonds is 56. The second-order valence-corrected chi connectivity index (χ2v) is 19.7. The van der Waals surface area contributed by atoms with E-state index in [0.29, 0.717) is 18.9 Å². The van der Waals surface area contributed by atoms with E-state index in [1.807, 2.05) is 0 Å². The van der Waals surface area contributed by atoms with Crippen LogP contribution in [-0.4, -0.2) is 147 Å². The molecule has 0 aromatic carbocycles. The lowest BCUT2D eigenvalue weighted by Crippen LogP contribution is -2.51. The van der Waals surface area contributed by atoms with Crippen LogP contribution in [0.3, 0.4) is 0 Å². The number of unbranched alkanes of at least 4 members (excludes halogenated alkanes) is 25. The fraction of sp³-hybridized carbons (Fsp3) is 0.962. The Bertz CT molecular complexity index is 1030. The van der Waals surface area contributed by atoms with E-state index in [-0.39, 0.29) is 5.91 Å². The predicted octanol–water partition coefficient (Wildman–Crippen LogP) is 5.42. The van der Waals surface area contributed by atoms with Crippen molar-refractivity contribution in [3.8, 4) is 0 Å². The molecule has 0 aliphatic carbocycles. The van der Waals surface area contributed by atoms with Crippen molar-refractivity contribution in [2.75, 3.05) is 85.1 Å². The summed E-state index contributed by atoms with van der Waals surface area (Å²) in [5.41, 5.74) is 11.2. The molecule has 0 aliphatic heterocycles. The Balaban J connectivity index is 3.63. The largest absolute Gasteiger partial charge is 0.394 e. The van der Waals surface area contributed by atoms with Gasteiger partial charge in [0.05, 0.1) is 6.61 Å². The lowest BCUT2D eigenvalue weighted by Gasteiger charge is -2.24. The Labute approximate surface area is 416 Å². The first-order chi connectivity index (χ1) is 33.3. The van der Waals surface area contributed by atoms with Gasteiger partial charge in [-0.2, -0.15) is 0 Å². The number of nitrogens with one attached hydrogen (secondary N) is 6. The minimum absolute atomic E-state index is 0.227. The standard InChI is InChI=1S/C53H112N8O7/c54-34-30-40-56-36-26-28-38-58-44-47(45-59-39-29-27-37-57-41-31-35-55)32-22-19-21-24-42-60-49(64)33-23-18-16-14-12-10-8-6-4-2-1-3-5-7-9-11-13-15-17-20-25-43-61-53(68)52(67)51(66)50(65)48(63)46-62/h47-48,50-52,56-59,62-63,65-67H,1-46,54-55H2,(H,60,64)(H,61,68)/t48-,50+,51+,52+/m1/s1. The zero-order valence-electron chi connectivity index (χ0n) is 43.6. The van der Waals surface area contributed by atoms with Crippen molar-refractivity contribution in [1.82, 2.24) is 31.9 Å². The highest BCUT2D eigenvalue weighted by atomic mass is 16.4. The van der Waals surface area contributed by atoms with Gasteiger partial charge in [-0.05, 0) is 136 Å². The van der Waals surface area contributed by atoms with Crippen LogP contribution in [0.5, 0.6) is 0 Å². The van der Waals surface area contributed by atoms with Crippen molar-refractivity contribution in [2.24, 2.45) is 17.4 Å². The first-order valence-electron chi connectivity index (χ1n) is 28.4. The minimum Gasteiger partial charge on any atom is -0.394 e. The molecule has 0 unspecified atom stereocenters. The SMILES string of the molecule is NCCCNCCCCNCC(CCCCCCNC(=O)CCCCCCCCCCCCCCCCCCCCCCCNC(=O)[C@@H](O)[C@@H](O)[C@@H](O)[C@H](O)CO)CNCCCCNCCCN. The summed E-state index contributed by atoms with van der Waals surface area (Å²) in [5, 5.41) is 67.6. The van der Waals surface area contributed by atoms with Gasteiger partial charge in [0.15, 0.2) is 6.10 Å². The smallest absolute Gasteiger partial charge is 0.251 e. The number of hydrogen-bond acceptors (Lipinski definition) is 13. The number of amides is 2. The third kappa shape index (κ3) is 45.6. The zero-order chi connectivity index (χ0) is 49.8. The molecule has 0 rings (SSSR count). The average molecular weight is 974 g/mol. The average Bonchev–Trinajstić information content (AvgIpc) is 3.34. The van der Waals surface area contributed by atoms with E-state index in [9.17, 15) is 30.0 Å². The molecule has 0 saturated carbocycles. The highest BCUT2D eigenvalue weighted by molar-refractivity contribution is 5.81. The Hall–Kier alpha value is -1.50. The van der Waals surface area contributed by atoms with Crippen LogP contribution < -0.4 is 43.4 Å². The zero-order valence-corrected chi connectivity index (χ0v) is 43.6. The summed E-state index contributed by atoms with van der Waals surface area (Å²) in [7, 11) is 0. The Morgan fingerprint density at radius 2 is 0.721 bits per heavy atom. The molecule has 15 nitrogen and oxygen atoms in total. The minimum atomic E-state index is -1.87. The molecule has 0 aromatic heterocycles. The van der Waals surface area contributed by atoms with Crippen LogP contribution in [0.2, 0.25) is 0 Å². The van der Waals surface area contributed by atoms with Gasteiger partial charge in [0.1, 0.15) is 18.3 Å². The van der Waals surface area contributed by atoms with Gasteiger partial charge < -0.3 is 68.9 Å². The molecule has 0 radical (unpaired) electrons. The Kier molecular flexibility index (Phi) is 52.1. The van der Waals surface area contributed by atoms with Crippen molar-refractivity contribution in [3.05, 3.63) is 0 Å². The van der Waals surface area contributed by atoms with Crippen molar-refractivity contribution in [3.63, 3.8) is 0 Å². The molecule has 4 atom stereocenters. The van der Waals surface area contributed by atoms with Gasteiger partial charge in [-0.15, -0.1) is 0 Å². The van der Waals surface area contributed by atoms with Crippen molar-refractivity contribution < 1.29 is 35.1 Å². The summed E-state index contributed by atoms with van der Waals surface area (Å²) >= 11 is 0. The molecule has 0 heterocycles. The molecule has 0 bridgehead atoms. The molecular formula is C53H112N8O7. The summed E-state index contributed by atoms with van der Waals surface area (Å²) in [6.07, 6.45) is 32.4. The molecule has 406 valence electrons. The first kappa shape index (κ1) is 66.5. The van der Waals surface area contributed by atoms with E-state index in [1.54, 1.807) is 0 Å². The van der Waals surface area contributed by atoms with E-state index in [0.717, 1.165) is 123 Å². The molecule has 0 spiro atoms. The van der Waals surface area contributed by atoms with E-state index in [2.05, 4.69) is 31.9 Å². The molecule has 68 heavy (non-hydrogen) atoms. The second kappa shape index (κ2) is 53.3. The van der Waals surface area contributed by atoms with Crippen LogP contribution in [-0.2, 0) is 9.59 Å². The maximum absolute atomic E-state index is 12.4. The van der Waals surface area contributed by atoms with Crippen molar-refractivity contribution in [1.29, 1.82) is 0 Å². The van der Waals surface area contributed by atoms with E-state index >= 15 is 0 Å². The van der Waals surface area contributed by atoms with Crippen LogP contribution in [0, 0.1) is 5.92 Å². The Morgan fingerprint density at radius 1 is 0.382 bits per heavy atom. The monoisotopic (exact) mass is 973 g/mol. The van der Waals surface area contributed by atoms with Gasteiger partial charge in [0.25, 0.3) is 5.91 Å². The fourth-order valence-electron chi connectivity index (χ4n) is 8.58. The maximum atomic E-state index is 12.4. The first-order valence-corrected chi connectivity index (χ1v) is 28.4. The summed E-state index contributed by atoms with van der Waals surface area (Å²) in [4.78, 5) is 24.3. The number of aliphatic hydroxyl groups excluding tert-OH is 5. The van der Waals surface area contributed by atoms with Gasteiger partial charge in [-0.25, -0.2) is 0 Å². The molecule has 0 fully saturated rings. The van der Waals surface area contributed by atoms with E-state index < -0.39 is 36.9 Å².